The van der Waals surface area contributed by atoms with Gasteiger partial charge in [-0.3, -0.25) is 19.6 Å². The number of rotatable bonds is 6. The molecule has 1 aromatic heterocycles. The van der Waals surface area contributed by atoms with E-state index in [0.717, 1.165) is 36.2 Å². The van der Waals surface area contributed by atoms with Crippen LogP contribution in [-0.4, -0.2) is 49.6 Å². The Morgan fingerprint density at radius 3 is 2.64 bits per heavy atom. The predicted molar refractivity (Wildman–Crippen MR) is 107 cm³/mol. The van der Waals surface area contributed by atoms with Crippen LogP contribution in [0.1, 0.15) is 34.5 Å². The maximum Gasteiger partial charge on any atom is 0.267 e. The standard InChI is InChI=1S/C21H28N4O3/c1-14-20(15(2)24(3)22-14)11-18-10-19(26)13-25(18)12-17-6-4-16(5-7-17)8-9-21(27)23-28/h4-9,18-19,26,28H,10-13H2,1-3H3,(H,23,27)/b9-8+/t18-,19+/m1/s1. The van der Waals surface area contributed by atoms with Crippen LogP contribution in [0.2, 0.25) is 0 Å². The molecular formula is C21H28N4O3. The number of hydrogen-bond acceptors (Lipinski definition) is 5. The zero-order valence-electron chi connectivity index (χ0n) is 16.6. The number of likely N-dealkylation sites (tertiary alicyclic amines) is 1. The van der Waals surface area contributed by atoms with Crippen molar-refractivity contribution in [1.29, 1.82) is 0 Å². The summed E-state index contributed by atoms with van der Waals surface area (Å²) in [5.41, 5.74) is 7.12. The number of benzene rings is 1. The van der Waals surface area contributed by atoms with E-state index in [1.807, 2.05) is 42.9 Å². The quantitative estimate of drug-likeness (QED) is 0.401. The van der Waals surface area contributed by atoms with Crippen LogP contribution < -0.4 is 5.48 Å². The summed E-state index contributed by atoms with van der Waals surface area (Å²) < 4.78 is 1.92. The molecule has 3 rings (SSSR count). The Morgan fingerprint density at radius 2 is 2.04 bits per heavy atom. The van der Waals surface area contributed by atoms with Gasteiger partial charge in [0.15, 0.2) is 0 Å². The monoisotopic (exact) mass is 384 g/mol. The smallest absolute Gasteiger partial charge is 0.267 e. The van der Waals surface area contributed by atoms with Crippen molar-refractivity contribution in [3.63, 3.8) is 0 Å². The number of aliphatic hydroxyl groups excluding tert-OH is 1. The van der Waals surface area contributed by atoms with Crippen molar-refractivity contribution < 1.29 is 15.1 Å². The summed E-state index contributed by atoms with van der Waals surface area (Å²) in [6.07, 6.45) is 4.28. The Labute approximate surface area is 165 Å². The fraction of sp³-hybridized carbons (Fsp3) is 0.429. The van der Waals surface area contributed by atoms with Gasteiger partial charge in [-0.2, -0.15) is 5.10 Å². The van der Waals surface area contributed by atoms with Gasteiger partial charge in [-0.1, -0.05) is 24.3 Å². The number of amides is 1. The highest BCUT2D eigenvalue weighted by molar-refractivity contribution is 5.90. The molecule has 28 heavy (non-hydrogen) atoms. The van der Waals surface area contributed by atoms with E-state index in [-0.39, 0.29) is 12.1 Å². The Kier molecular flexibility index (Phi) is 6.28. The molecule has 1 amide bonds. The van der Waals surface area contributed by atoms with Gasteiger partial charge in [0.25, 0.3) is 5.91 Å². The first kappa shape index (κ1) is 20.3. The molecule has 2 atom stereocenters. The van der Waals surface area contributed by atoms with Gasteiger partial charge in [-0.15, -0.1) is 0 Å². The molecule has 0 spiro atoms. The SMILES string of the molecule is Cc1nn(C)c(C)c1C[C@H]1C[C@H](O)CN1Cc1ccc(/C=C/C(=O)NO)cc1. The summed E-state index contributed by atoms with van der Waals surface area (Å²) in [5, 5.41) is 23.3. The van der Waals surface area contributed by atoms with Crippen LogP contribution in [0.5, 0.6) is 0 Å². The van der Waals surface area contributed by atoms with E-state index in [2.05, 4.69) is 16.9 Å². The molecule has 0 bridgehead atoms. The lowest BCUT2D eigenvalue weighted by molar-refractivity contribution is -0.124. The second-order valence-corrected chi connectivity index (χ2v) is 7.50. The topological polar surface area (TPSA) is 90.6 Å². The van der Waals surface area contributed by atoms with E-state index in [0.29, 0.717) is 6.54 Å². The fourth-order valence-corrected chi connectivity index (χ4v) is 3.89. The first-order chi connectivity index (χ1) is 13.4. The second-order valence-electron chi connectivity index (χ2n) is 7.50. The lowest BCUT2D eigenvalue weighted by Crippen LogP contribution is -2.31. The summed E-state index contributed by atoms with van der Waals surface area (Å²) in [6.45, 7) is 5.57. The van der Waals surface area contributed by atoms with E-state index in [4.69, 9.17) is 5.21 Å². The predicted octanol–water partition coefficient (Wildman–Crippen LogP) is 1.73. The number of aryl methyl sites for hydroxylation is 2. The van der Waals surface area contributed by atoms with Gasteiger partial charge in [-0.05, 0) is 49.5 Å². The number of nitrogens with one attached hydrogen (secondary N) is 1. The Morgan fingerprint density at radius 1 is 1.32 bits per heavy atom. The molecule has 7 nitrogen and oxygen atoms in total. The van der Waals surface area contributed by atoms with E-state index in [1.165, 1.54) is 17.3 Å². The average Bonchev–Trinajstić information content (AvgIpc) is 3.14. The molecule has 2 heterocycles. The van der Waals surface area contributed by atoms with Gasteiger partial charge in [0.05, 0.1) is 11.8 Å². The molecule has 3 N–H and O–H groups in total. The zero-order valence-corrected chi connectivity index (χ0v) is 16.6. The minimum Gasteiger partial charge on any atom is -0.392 e. The normalized spacial score (nSPS) is 20.2. The summed E-state index contributed by atoms with van der Waals surface area (Å²) in [5.74, 6) is -0.557. The zero-order chi connectivity index (χ0) is 20.3. The van der Waals surface area contributed by atoms with Crippen LogP contribution in [0, 0.1) is 13.8 Å². The molecule has 0 unspecified atom stereocenters. The first-order valence-corrected chi connectivity index (χ1v) is 9.49. The lowest BCUT2D eigenvalue weighted by atomic mass is 10.0. The van der Waals surface area contributed by atoms with Crippen molar-refractivity contribution in [2.75, 3.05) is 6.54 Å². The third-order valence-corrected chi connectivity index (χ3v) is 5.51. The molecule has 1 saturated heterocycles. The second kappa shape index (κ2) is 8.68. The molecule has 2 aromatic rings. The Balaban J connectivity index is 1.68. The van der Waals surface area contributed by atoms with Crippen molar-refractivity contribution >= 4 is 12.0 Å². The summed E-state index contributed by atoms with van der Waals surface area (Å²) >= 11 is 0. The van der Waals surface area contributed by atoms with E-state index >= 15 is 0 Å². The van der Waals surface area contributed by atoms with Crippen molar-refractivity contribution in [3.8, 4) is 0 Å². The van der Waals surface area contributed by atoms with Gasteiger partial charge >= 0.3 is 0 Å². The van der Waals surface area contributed by atoms with Crippen molar-refractivity contribution in [1.82, 2.24) is 20.2 Å². The minimum absolute atomic E-state index is 0.282. The van der Waals surface area contributed by atoms with Crippen LogP contribution in [0.15, 0.2) is 30.3 Å². The van der Waals surface area contributed by atoms with Crippen molar-refractivity contribution in [2.45, 2.75) is 45.4 Å². The van der Waals surface area contributed by atoms with E-state index in [9.17, 15) is 9.90 Å². The summed E-state index contributed by atoms with van der Waals surface area (Å²) in [7, 11) is 1.97. The van der Waals surface area contributed by atoms with Gasteiger partial charge in [0.1, 0.15) is 0 Å². The highest BCUT2D eigenvalue weighted by Gasteiger charge is 2.32. The van der Waals surface area contributed by atoms with Gasteiger partial charge in [0.2, 0.25) is 0 Å². The summed E-state index contributed by atoms with van der Waals surface area (Å²) in [6, 6.07) is 8.21. The largest absolute Gasteiger partial charge is 0.392 e. The molecule has 0 saturated carbocycles. The van der Waals surface area contributed by atoms with Crippen molar-refractivity contribution in [3.05, 3.63) is 58.4 Å². The third-order valence-electron chi connectivity index (χ3n) is 5.51. The number of hydroxylamine groups is 1. The van der Waals surface area contributed by atoms with Crippen molar-refractivity contribution in [2.24, 2.45) is 7.05 Å². The number of nitrogens with zero attached hydrogens (tertiary/aromatic N) is 3. The molecular weight excluding hydrogens is 356 g/mol. The van der Waals surface area contributed by atoms with Gasteiger partial charge in [0, 0.05) is 37.9 Å². The highest BCUT2D eigenvalue weighted by Crippen LogP contribution is 2.26. The average molecular weight is 384 g/mol. The third kappa shape index (κ3) is 4.67. The number of carbonyl (C=O) groups excluding carboxylic acids is 1. The summed E-state index contributed by atoms with van der Waals surface area (Å²) in [4.78, 5) is 13.4. The van der Waals surface area contributed by atoms with Crippen LogP contribution in [0.3, 0.4) is 0 Å². The lowest BCUT2D eigenvalue weighted by Gasteiger charge is -2.24. The molecule has 0 radical (unpaired) electrons. The Hall–Kier alpha value is -2.48. The van der Waals surface area contributed by atoms with Crippen LogP contribution in [0.4, 0.5) is 0 Å². The molecule has 1 aromatic carbocycles. The van der Waals surface area contributed by atoms with Gasteiger partial charge in [-0.25, -0.2) is 5.48 Å². The number of hydrogen-bond donors (Lipinski definition) is 3. The highest BCUT2D eigenvalue weighted by atomic mass is 16.5. The Bertz CT molecular complexity index is 857. The molecule has 1 aliphatic rings. The maximum atomic E-state index is 11.1. The number of aromatic nitrogens is 2. The van der Waals surface area contributed by atoms with Crippen LogP contribution in [0.25, 0.3) is 6.08 Å². The van der Waals surface area contributed by atoms with Crippen LogP contribution >= 0.6 is 0 Å². The van der Waals surface area contributed by atoms with E-state index in [1.54, 1.807) is 11.6 Å². The number of β-amino-alcohol motifs (C(OH)–C–C–N with tert-alkyl or cyclic N) is 1. The molecule has 0 aliphatic carbocycles. The minimum atomic E-state index is -0.557. The molecule has 7 heteroatoms. The molecule has 150 valence electrons. The fourth-order valence-electron chi connectivity index (χ4n) is 3.89. The maximum absolute atomic E-state index is 11.1. The molecule has 1 aliphatic heterocycles. The van der Waals surface area contributed by atoms with Gasteiger partial charge < -0.3 is 5.11 Å². The first-order valence-electron chi connectivity index (χ1n) is 9.49. The number of carbonyl (C=O) groups is 1. The number of aliphatic hydroxyl groups is 1. The van der Waals surface area contributed by atoms with E-state index < -0.39 is 5.91 Å². The van der Waals surface area contributed by atoms with Crippen LogP contribution in [-0.2, 0) is 24.8 Å². The molecule has 1 fully saturated rings.